The van der Waals surface area contributed by atoms with E-state index in [1.54, 1.807) is 0 Å². The summed E-state index contributed by atoms with van der Waals surface area (Å²) in [7, 11) is 1.16. The molecule has 0 saturated carbocycles. The highest BCUT2D eigenvalue weighted by Gasteiger charge is 2.17. The van der Waals surface area contributed by atoms with E-state index in [9.17, 15) is 18.4 Å². The molecule has 2 rings (SSSR count). The first-order valence-corrected chi connectivity index (χ1v) is 5.98. The summed E-state index contributed by atoms with van der Waals surface area (Å²) in [6.45, 7) is 0. The lowest BCUT2D eigenvalue weighted by atomic mass is 10.0. The number of ether oxygens (including phenoxy) is 1. The predicted molar refractivity (Wildman–Crippen MR) is 69.8 cm³/mol. The van der Waals surface area contributed by atoms with Gasteiger partial charge in [-0.2, -0.15) is 0 Å². The number of carbonyl (C=O) groups is 2. The third-order valence-corrected chi connectivity index (χ3v) is 3.11. The van der Waals surface area contributed by atoms with Crippen molar-refractivity contribution in [2.45, 2.75) is 6.42 Å². The summed E-state index contributed by atoms with van der Waals surface area (Å²) >= 11 is 5.93. The quantitative estimate of drug-likeness (QED) is 0.495. The van der Waals surface area contributed by atoms with E-state index in [-0.39, 0.29) is 10.6 Å². The number of carbonyl (C=O) groups excluding carboxylic acids is 2. The van der Waals surface area contributed by atoms with Gasteiger partial charge in [0.05, 0.1) is 12.1 Å². The Morgan fingerprint density at radius 3 is 2.20 bits per heavy atom. The third-order valence-electron chi connectivity index (χ3n) is 2.80. The van der Waals surface area contributed by atoms with Crippen LogP contribution in [-0.2, 0) is 9.53 Å². The van der Waals surface area contributed by atoms with Gasteiger partial charge in [-0.15, -0.1) is 0 Å². The molecular formula is C14H9ClF2O3. The molecule has 0 aliphatic carbocycles. The van der Waals surface area contributed by atoms with Crippen LogP contribution in [0.15, 0.2) is 24.3 Å². The van der Waals surface area contributed by atoms with Crippen molar-refractivity contribution in [1.29, 1.82) is 0 Å². The van der Waals surface area contributed by atoms with Crippen LogP contribution in [-0.4, -0.2) is 18.9 Å². The van der Waals surface area contributed by atoms with Crippen molar-refractivity contribution in [3.05, 3.63) is 46.5 Å². The molecule has 0 aromatic heterocycles. The Hall–Kier alpha value is -2.01. The fraction of sp³-hybridized carbons (Fsp3) is 0.143. The minimum Gasteiger partial charge on any atom is -0.469 e. The van der Waals surface area contributed by atoms with E-state index in [0.717, 1.165) is 19.2 Å². The number of ketones is 1. The summed E-state index contributed by atoms with van der Waals surface area (Å²) in [6.07, 6.45) is -0.467. The molecule has 3 nitrogen and oxygen atoms in total. The number of hydrogen-bond acceptors (Lipinski definition) is 3. The predicted octanol–water partition coefficient (Wildman–Crippen LogP) is 3.52. The van der Waals surface area contributed by atoms with Gasteiger partial charge < -0.3 is 4.74 Å². The lowest BCUT2D eigenvalue weighted by Crippen LogP contribution is -2.10. The molecule has 0 bridgehead atoms. The molecule has 0 spiro atoms. The van der Waals surface area contributed by atoms with Gasteiger partial charge in [0.15, 0.2) is 17.4 Å². The average molecular weight is 299 g/mol. The standard InChI is InChI=1S/C14H9ClF2O3/c1-20-14(19)6-13(18)9-2-7-4-11(16)12(17)5-8(7)3-10(9)15/h2-5H,6H2,1H3. The van der Waals surface area contributed by atoms with E-state index in [4.69, 9.17) is 11.6 Å². The van der Waals surface area contributed by atoms with Gasteiger partial charge in [0.2, 0.25) is 0 Å². The monoisotopic (exact) mass is 298 g/mol. The molecule has 0 heterocycles. The minimum absolute atomic E-state index is 0.0653. The van der Waals surface area contributed by atoms with Crippen molar-refractivity contribution in [3.8, 4) is 0 Å². The molecule has 0 unspecified atom stereocenters. The summed E-state index contributed by atoms with van der Waals surface area (Å²) in [4.78, 5) is 23.0. The molecule has 20 heavy (non-hydrogen) atoms. The molecule has 104 valence electrons. The van der Waals surface area contributed by atoms with Gasteiger partial charge in [-0.25, -0.2) is 8.78 Å². The summed E-state index contributed by atoms with van der Waals surface area (Å²) in [5.74, 6) is -3.27. The van der Waals surface area contributed by atoms with E-state index in [1.807, 2.05) is 0 Å². The number of benzene rings is 2. The smallest absolute Gasteiger partial charge is 0.313 e. The molecule has 2 aromatic rings. The number of methoxy groups -OCH3 is 1. The Kier molecular flexibility index (Phi) is 3.99. The fourth-order valence-corrected chi connectivity index (χ4v) is 2.06. The maximum Gasteiger partial charge on any atom is 0.313 e. The highest BCUT2D eigenvalue weighted by molar-refractivity contribution is 6.35. The molecule has 0 N–H and O–H groups in total. The van der Waals surface area contributed by atoms with E-state index < -0.39 is 29.8 Å². The highest BCUT2D eigenvalue weighted by Crippen LogP contribution is 2.27. The normalized spacial score (nSPS) is 10.6. The molecule has 2 aromatic carbocycles. The molecule has 0 amide bonds. The van der Waals surface area contributed by atoms with Crippen molar-refractivity contribution < 1.29 is 23.1 Å². The maximum atomic E-state index is 13.2. The lowest BCUT2D eigenvalue weighted by molar-refractivity contribution is -0.139. The summed E-state index contributed by atoms with van der Waals surface area (Å²) in [6, 6.07) is 4.64. The maximum absolute atomic E-state index is 13.2. The Bertz CT molecular complexity index is 713. The van der Waals surface area contributed by atoms with Crippen LogP contribution in [0.3, 0.4) is 0 Å². The Balaban J connectivity index is 2.49. The fourth-order valence-electron chi connectivity index (χ4n) is 1.78. The first kappa shape index (κ1) is 14.4. The van der Waals surface area contributed by atoms with Gasteiger partial charge >= 0.3 is 5.97 Å². The van der Waals surface area contributed by atoms with Crippen LogP contribution in [0.25, 0.3) is 10.8 Å². The van der Waals surface area contributed by atoms with Crippen LogP contribution >= 0.6 is 11.6 Å². The number of hydrogen-bond donors (Lipinski definition) is 0. The molecule has 0 fully saturated rings. The zero-order chi connectivity index (χ0) is 14.9. The first-order valence-electron chi connectivity index (χ1n) is 5.60. The minimum atomic E-state index is -1.02. The van der Waals surface area contributed by atoms with Gasteiger partial charge in [-0.3, -0.25) is 9.59 Å². The van der Waals surface area contributed by atoms with Crippen molar-refractivity contribution in [3.63, 3.8) is 0 Å². The zero-order valence-corrected chi connectivity index (χ0v) is 11.1. The third kappa shape index (κ3) is 2.77. The van der Waals surface area contributed by atoms with Gasteiger partial charge in [-0.1, -0.05) is 11.6 Å². The van der Waals surface area contributed by atoms with E-state index in [2.05, 4.69) is 4.74 Å². The van der Waals surface area contributed by atoms with Gasteiger partial charge in [0, 0.05) is 5.56 Å². The van der Waals surface area contributed by atoms with Crippen LogP contribution in [0.1, 0.15) is 16.8 Å². The number of fused-ring (bicyclic) bond motifs is 1. The van der Waals surface area contributed by atoms with E-state index >= 15 is 0 Å². The van der Waals surface area contributed by atoms with Crippen LogP contribution in [0.2, 0.25) is 5.02 Å². The zero-order valence-electron chi connectivity index (χ0n) is 10.4. The number of esters is 1. The first-order chi connectivity index (χ1) is 9.42. The van der Waals surface area contributed by atoms with E-state index in [0.29, 0.717) is 10.8 Å². The highest BCUT2D eigenvalue weighted by atomic mass is 35.5. The molecule has 0 aliphatic rings. The van der Waals surface area contributed by atoms with Crippen molar-refractivity contribution in [2.24, 2.45) is 0 Å². The molecular weight excluding hydrogens is 290 g/mol. The van der Waals surface area contributed by atoms with Crippen LogP contribution in [0, 0.1) is 11.6 Å². The lowest BCUT2D eigenvalue weighted by Gasteiger charge is -2.06. The van der Waals surface area contributed by atoms with Gasteiger partial charge in [-0.05, 0) is 35.0 Å². The molecule has 0 saturated heterocycles. The number of rotatable bonds is 3. The molecule has 0 aliphatic heterocycles. The Labute approximate surface area is 118 Å². The SMILES string of the molecule is COC(=O)CC(=O)c1cc2cc(F)c(F)cc2cc1Cl. The van der Waals surface area contributed by atoms with Crippen molar-refractivity contribution >= 4 is 34.1 Å². The Morgan fingerprint density at radius 1 is 1.10 bits per heavy atom. The van der Waals surface area contributed by atoms with E-state index in [1.165, 1.54) is 12.1 Å². The molecule has 0 atom stereocenters. The number of halogens is 3. The second-order valence-electron chi connectivity index (χ2n) is 4.12. The van der Waals surface area contributed by atoms with Crippen molar-refractivity contribution in [2.75, 3.05) is 7.11 Å². The van der Waals surface area contributed by atoms with Gasteiger partial charge in [0.1, 0.15) is 6.42 Å². The molecule has 6 heteroatoms. The Morgan fingerprint density at radius 2 is 1.65 bits per heavy atom. The largest absolute Gasteiger partial charge is 0.469 e. The van der Waals surface area contributed by atoms with Crippen molar-refractivity contribution in [1.82, 2.24) is 0 Å². The average Bonchev–Trinajstić information content (AvgIpc) is 2.39. The van der Waals surface area contributed by atoms with Crippen LogP contribution < -0.4 is 0 Å². The van der Waals surface area contributed by atoms with Crippen LogP contribution in [0.5, 0.6) is 0 Å². The summed E-state index contributed by atoms with van der Waals surface area (Å²) in [5, 5.41) is 0.752. The topological polar surface area (TPSA) is 43.4 Å². The van der Waals surface area contributed by atoms with Gasteiger partial charge in [0.25, 0.3) is 0 Å². The second kappa shape index (κ2) is 5.54. The molecule has 0 radical (unpaired) electrons. The second-order valence-corrected chi connectivity index (χ2v) is 4.53. The van der Waals surface area contributed by atoms with Crippen LogP contribution in [0.4, 0.5) is 8.78 Å². The summed E-state index contributed by atoms with van der Waals surface area (Å²) in [5.41, 5.74) is 0.0653. The number of Topliss-reactive ketones (excluding diaryl/α,β-unsaturated/α-hetero) is 1. The summed E-state index contributed by atoms with van der Waals surface area (Å²) < 4.78 is 30.7.